The van der Waals surface area contributed by atoms with Crippen LogP contribution in [0.25, 0.3) is 11.0 Å². The van der Waals surface area contributed by atoms with Gasteiger partial charge >= 0.3 is 5.97 Å². The first kappa shape index (κ1) is 10.9. The van der Waals surface area contributed by atoms with E-state index in [1.807, 2.05) is 7.05 Å². The lowest BCUT2D eigenvalue weighted by Crippen LogP contribution is -2.03. The minimum absolute atomic E-state index is 0.234. The van der Waals surface area contributed by atoms with Crippen LogP contribution in [0.4, 0.5) is 0 Å². The average molecular weight is 238 g/mol. The third-order valence-corrected chi connectivity index (χ3v) is 3.03. The Morgan fingerprint density at radius 3 is 3.12 bits per heavy atom. The Hall–Kier alpha value is -1.63. The van der Waals surface area contributed by atoms with E-state index in [1.54, 1.807) is 10.9 Å². The van der Waals surface area contributed by atoms with Crippen molar-refractivity contribution in [3.8, 4) is 0 Å². The number of aryl methyl sites for hydroxylation is 1. The molecule has 0 aliphatic rings. The quantitative estimate of drug-likeness (QED) is 0.444. The van der Waals surface area contributed by atoms with Gasteiger partial charge in [0.1, 0.15) is 11.4 Å². The van der Waals surface area contributed by atoms with Crippen LogP contribution in [0.1, 0.15) is 0 Å². The van der Waals surface area contributed by atoms with Crippen molar-refractivity contribution >= 4 is 28.8 Å². The van der Waals surface area contributed by atoms with Crippen LogP contribution < -0.4 is 0 Å². The number of carbonyl (C=O) groups excluding carboxylic acids is 1. The van der Waals surface area contributed by atoms with Gasteiger partial charge in [-0.15, -0.1) is 0 Å². The van der Waals surface area contributed by atoms with Crippen LogP contribution in [0, 0.1) is 0 Å². The number of methoxy groups -OCH3 is 1. The highest BCUT2D eigenvalue weighted by Gasteiger charge is 2.10. The van der Waals surface area contributed by atoms with Crippen LogP contribution in [0.5, 0.6) is 0 Å². The normalized spacial score (nSPS) is 10.6. The van der Waals surface area contributed by atoms with Crippen LogP contribution in [-0.4, -0.2) is 38.6 Å². The molecule has 84 valence electrons. The summed E-state index contributed by atoms with van der Waals surface area (Å²) in [6.45, 7) is 0. The highest BCUT2D eigenvalue weighted by molar-refractivity contribution is 8.00. The molecule has 0 radical (unpaired) electrons. The van der Waals surface area contributed by atoms with Gasteiger partial charge in [0, 0.05) is 7.05 Å². The monoisotopic (exact) mass is 238 g/mol. The Morgan fingerprint density at radius 2 is 2.38 bits per heavy atom. The molecule has 0 saturated heterocycles. The van der Waals surface area contributed by atoms with E-state index in [9.17, 15) is 4.79 Å². The van der Waals surface area contributed by atoms with Crippen molar-refractivity contribution in [2.24, 2.45) is 7.05 Å². The average Bonchev–Trinajstić information content (AvgIpc) is 2.69. The zero-order valence-corrected chi connectivity index (χ0v) is 9.69. The number of hydrogen-bond acceptors (Lipinski definition) is 6. The fraction of sp³-hybridized carbons (Fsp3) is 0.333. The number of thioether (sulfide) groups is 1. The van der Waals surface area contributed by atoms with Gasteiger partial charge < -0.3 is 4.74 Å². The number of hydrogen-bond donors (Lipinski definition) is 0. The molecule has 0 aliphatic carbocycles. The third kappa shape index (κ3) is 1.99. The summed E-state index contributed by atoms with van der Waals surface area (Å²) in [5, 5.41) is 5.67. The summed E-state index contributed by atoms with van der Waals surface area (Å²) >= 11 is 1.32. The maximum atomic E-state index is 11.0. The number of nitrogens with zero attached hydrogens (tertiary/aromatic N) is 4. The van der Waals surface area contributed by atoms with E-state index in [0.29, 0.717) is 0 Å². The molecule has 0 amide bonds. The molecule has 2 heterocycles. The van der Waals surface area contributed by atoms with E-state index in [-0.39, 0.29) is 11.7 Å². The van der Waals surface area contributed by atoms with E-state index in [2.05, 4.69) is 19.8 Å². The van der Waals surface area contributed by atoms with Crippen molar-refractivity contribution in [1.82, 2.24) is 19.7 Å². The summed E-state index contributed by atoms with van der Waals surface area (Å²) < 4.78 is 6.23. The van der Waals surface area contributed by atoms with E-state index in [4.69, 9.17) is 0 Å². The number of carbonyl (C=O) groups is 1. The number of aromatic nitrogens is 4. The van der Waals surface area contributed by atoms with Gasteiger partial charge in [0.2, 0.25) is 0 Å². The first-order chi connectivity index (χ1) is 7.72. The second-order valence-electron chi connectivity index (χ2n) is 3.05. The van der Waals surface area contributed by atoms with Gasteiger partial charge in [-0.05, 0) is 0 Å². The van der Waals surface area contributed by atoms with Gasteiger partial charge in [0.25, 0.3) is 0 Å². The van der Waals surface area contributed by atoms with Gasteiger partial charge in [-0.3, -0.25) is 9.48 Å². The molecule has 2 rings (SSSR count). The molecular weight excluding hydrogens is 228 g/mol. The van der Waals surface area contributed by atoms with E-state index >= 15 is 0 Å². The highest BCUT2D eigenvalue weighted by Crippen LogP contribution is 2.23. The third-order valence-electron chi connectivity index (χ3n) is 2.05. The van der Waals surface area contributed by atoms with Crippen LogP contribution in [0.15, 0.2) is 17.6 Å². The molecule has 2 aromatic rings. The second-order valence-corrected chi connectivity index (χ2v) is 4.01. The zero-order chi connectivity index (χ0) is 11.5. The molecule has 0 spiro atoms. The largest absolute Gasteiger partial charge is 0.468 e. The van der Waals surface area contributed by atoms with Gasteiger partial charge in [-0.1, -0.05) is 11.8 Å². The predicted molar refractivity (Wildman–Crippen MR) is 59.0 cm³/mol. The fourth-order valence-corrected chi connectivity index (χ4v) is 2.04. The summed E-state index contributed by atoms with van der Waals surface area (Å²) in [5.74, 6) is -0.0435. The number of esters is 1. The van der Waals surface area contributed by atoms with Gasteiger partial charge in [-0.2, -0.15) is 5.10 Å². The van der Waals surface area contributed by atoms with Crippen LogP contribution in [-0.2, 0) is 16.6 Å². The van der Waals surface area contributed by atoms with E-state index in [0.717, 1.165) is 16.1 Å². The molecule has 16 heavy (non-hydrogen) atoms. The Morgan fingerprint density at radius 1 is 1.56 bits per heavy atom. The lowest BCUT2D eigenvalue weighted by Gasteiger charge is -2.00. The van der Waals surface area contributed by atoms with Gasteiger partial charge in [0.05, 0.1) is 24.4 Å². The molecule has 0 atom stereocenters. The summed E-state index contributed by atoms with van der Waals surface area (Å²) in [7, 11) is 3.17. The fourth-order valence-electron chi connectivity index (χ4n) is 1.24. The summed E-state index contributed by atoms with van der Waals surface area (Å²) in [4.78, 5) is 19.2. The molecule has 0 aliphatic heterocycles. The van der Waals surface area contributed by atoms with E-state index in [1.165, 1.54) is 25.2 Å². The maximum absolute atomic E-state index is 11.0. The zero-order valence-electron chi connectivity index (χ0n) is 8.88. The van der Waals surface area contributed by atoms with Crippen molar-refractivity contribution in [1.29, 1.82) is 0 Å². The van der Waals surface area contributed by atoms with Gasteiger partial charge in [0.15, 0.2) is 5.65 Å². The van der Waals surface area contributed by atoms with Gasteiger partial charge in [-0.25, -0.2) is 9.97 Å². The SMILES string of the molecule is COC(=O)CSc1ncnc2c1cnn2C. The standard InChI is InChI=1S/C9H10N4O2S/c1-13-8-6(3-12-13)9(11-5-10-8)16-4-7(14)15-2/h3,5H,4H2,1-2H3. The summed E-state index contributed by atoms with van der Waals surface area (Å²) in [6, 6.07) is 0. The molecule has 0 unspecified atom stereocenters. The van der Waals surface area contributed by atoms with Crippen LogP contribution in [0.2, 0.25) is 0 Å². The maximum Gasteiger partial charge on any atom is 0.316 e. The molecule has 2 aromatic heterocycles. The van der Waals surface area contributed by atoms with Crippen molar-refractivity contribution in [2.45, 2.75) is 5.03 Å². The molecule has 0 N–H and O–H groups in total. The first-order valence-electron chi connectivity index (χ1n) is 4.54. The molecule has 7 heteroatoms. The lowest BCUT2D eigenvalue weighted by atomic mass is 10.4. The Balaban J connectivity index is 2.27. The lowest BCUT2D eigenvalue weighted by molar-refractivity contribution is -0.137. The molecule has 6 nitrogen and oxygen atoms in total. The van der Waals surface area contributed by atoms with Crippen molar-refractivity contribution < 1.29 is 9.53 Å². The number of rotatable bonds is 3. The van der Waals surface area contributed by atoms with Crippen molar-refractivity contribution in [3.05, 3.63) is 12.5 Å². The molecule has 0 bridgehead atoms. The second kappa shape index (κ2) is 4.48. The summed E-state index contributed by atoms with van der Waals surface area (Å²) in [6.07, 6.45) is 3.15. The molecule has 0 aromatic carbocycles. The smallest absolute Gasteiger partial charge is 0.316 e. The molecule has 0 saturated carbocycles. The van der Waals surface area contributed by atoms with Crippen LogP contribution in [0.3, 0.4) is 0 Å². The molecular formula is C9H10N4O2S. The Bertz CT molecular complexity index is 525. The molecule has 0 fully saturated rings. The van der Waals surface area contributed by atoms with E-state index < -0.39 is 0 Å². The van der Waals surface area contributed by atoms with Crippen LogP contribution >= 0.6 is 11.8 Å². The number of ether oxygens (including phenoxy) is 1. The summed E-state index contributed by atoms with van der Waals surface area (Å²) in [5.41, 5.74) is 0.752. The number of fused-ring (bicyclic) bond motifs is 1. The first-order valence-corrected chi connectivity index (χ1v) is 5.53. The predicted octanol–water partition coefficient (Wildman–Crippen LogP) is 0.628. The minimum Gasteiger partial charge on any atom is -0.468 e. The van der Waals surface area contributed by atoms with Crippen molar-refractivity contribution in [3.63, 3.8) is 0 Å². The topological polar surface area (TPSA) is 69.9 Å². The van der Waals surface area contributed by atoms with Crippen molar-refractivity contribution in [2.75, 3.05) is 12.9 Å². The Kier molecular flexibility index (Phi) is 3.04. The highest BCUT2D eigenvalue weighted by atomic mass is 32.2. The minimum atomic E-state index is -0.277. The Labute approximate surface area is 96.0 Å².